The number of hydrogen-bond acceptors (Lipinski definition) is 5. The van der Waals surface area contributed by atoms with Crippen LogP contribution in [0.4, 0.5) is 0 Å². The molecule has 0 radical (unpaired) electrons. The quantitative estimate of drug-likeness (QED) is 0.463. The molecule has 0 aliphatic carbocycles. The summed E-state index contributed by atoms with van der Waals surface area (Å²) >= 11 is 1.67. The Bertz CT molecular complexity index is 911. The fraction of sp³-hybridized carbons (Fsp3) is 0.381. The Morgan fingerprint density at radius 3 is 2.64 bits per heavy atom. The Morgan fingerprint density at radius 1 is 1.18 bits per heavy atom. The van der Waals surface area contributed by atoms with Gasteiger partial charge in [-0.15, -0.1) is 11.3 Å². The lowest BCUT2D eigenvalue weighted by atomic mass is 10.1. The molecule has 0 saturated heterocycles. The molecule has 0 fully saturated rings. The molecule has 3 rings (SSSR count). The molecule has 0 unspecified atom stereocenters. The average Bonchev–Trinajstić information content (AvgIpc) is 3.35. The number of guanidine groups is 1. The summed E-state index contributed by atoms with van der Waals surface area (Å²) in [6.45, 7) is 7.75. The summed E-state index contributed by atoms with van der Waals surface area (Å²) in [4.78, 5) is 13.5. The van der Waals surface area contributed by atoms with E-state index in [1.807, 2.05) is 12.1 Å². The first kappa shape index (κ1) is 20.1. The minimum atomic E-state index is 0.453. The van der Waals surface area contributed by atoms with Crippen LogP contribution in [0, 0.1) is 6.92 Å². The van der Waals surface area contributed by atoms with Gasteiger partial charge in [0.1, 0.15) is 11.3 Å². The van der Waals surface area contributed by atoms with Gasteiger partial charge in [-0.2, -0.15) is 0 Å². The van der Waals surface area contributed by atoms with Gasteiger partial charge in [0.25, 0.3) is 0 Å². The van der Waals surface area contributed by atoms with E-state index in [-0.39, 0.29) is 0 Å². The van der Waals surface area contributed by atoms with Crippen molar-refractivity contribution in [2.75, 3.05) is 13.6 Å². The van der Waals surface area contributed by atoms with Crippen molar-refractivity contribution in [2.24, 2.45) is 4.99 Å². The van der Waals surface area contributed by atoms with E-state index in [0.717, 1.165) is 34.3 Å². The van der Waals surface area contributed by atoms with Crippen LogP contribution in [0.25, 0.3) is 11.5 Å². The molecule has 0 bridgehead atoms. The van der Waals surface area contributed by atoms with Gasteiger partial charge in [0, 0.05) is 31.0 Å². The van der Waals surface area contributed by atoms with E-state index in [2.05, 4.69) is 63.9 Å². The summed E-state index contributed by atoms with van der Waals surface area (Å²) in [5.41, 5.74) is 4.27. The molecule has 6 nitrogen and oxygen atoms in total. The topological polar surface area (TPSA) is 75.3 Å². The SMILES string of the molecule is CN=C(NCCc1coc(-c2ccc(C)cc2)n1)NCc1nc(C(C)C)cs1. The van der Waals surface area contributed by atoms with Gasteiger partial charge < -0.3 is 15.1 Å². The minimum absolute atomic E-state index is 0.453. The standard InChI is InChI=1S/C21H27N5OS/c1-14(2)18-13-28-19(26-18)11-24-21(22-4)23-10-9-17-12-27-20(25-17)16-7-5-15(3)6-8-16/h5-8,12-14H,9-11H2,1-4H3,(H2,22,23,24). The zero-order valence-electron chi connectivity index (χ0n) is 16.8. The second kappa shape index (κ2) is 9.50. The van der Waals surface area contributed by atoms with Gasteiger partial charge in [-0.25, -0.2) is 9.97 Å². The third-order valence-corrected chi connectivity index (χ3v) is 5.18. The largest absolute Gasteiger partial charge is 0.444 e. The molecule has 0 spiro atoms. The molecule has 0 aliphatic heterocycles. The number of aromatic nitrogens is 2. The van der Waals surface area contributed by atoms with Crippen molar-refractivity contribution in [1.29, 1.82) is 0 Å². The van der Waals surface area contributed by atoms with Gasteiger partial charge in [0.15, 0.2) is 5.96 Å². The van der Waals surface area contributed by atoms with Crippen molar-refractivity contribution >= 4 is 17.3 Å². The third-order valence-electron chi connectivity index (χ3n) is 4.32. The van der Waals surface area contributed by atoms with Crippen molar-refractivity contribution < 1.29 is 4.42 Å². The van der Waals surface area contributed by atoms with E-state index in [1.54, 1.807) is 24.6 Å². The monoisotopic (exact) mass is 397 g/mol. The minimum Gasteiger partial charge on any atom is -0.444 e. The number of benzene rings is 1. The molecule has 0 amide bonds. The van der Waals surface area contributed by atoms with Crippen LogP contribution in [0.2, 0.25) is 0 Å². The van der Waals surface area contributed by atoms with Gasteiger partial charge in [-0.1, -0.05) is 31.5 Å². The van der Waals surface area contributed by atoms with Gasteiger partial charge >= 0.3 is 0 Å². The third kappa shape index (κ3) is 5.42. The molecule has 3 aromatic rings. The van der Waals surface area contributed by atoms with Gasteiger partial charge in [0.2, 0.25) is 5.89 Å². The number of hydrogen-bond donors (Lipinski definition) is 2. The van der Waals surface area contributed by atoms with E-state index >= 15 is 0 Å². The van der Waals surface area contributed by atoms with Crippen molar-refractivity contribution in [2.45, 2.75) is 39.7 Å². The molecule has 0 saturated carbocycles. The molecule has 28 heavy (non-hydrogen) atoms. The molecule has 0 atom stereocenters. The zero-order valence-corrected chi connectivity index (χ0v) is 17.6. The molecule has 2 heterocycles. The second-order valence-corrected chi connectivity index (χ2v) is 7.88. The summed E-state index contributed by atoms with van der Waals surface area (Å²) < 4.78 is 5.61. The normalized spacial score (nSPS) is 11.8. The van der Waals surface area contributed by atoms with Gasteiger partial charge in [-0.3, -0.25) is 4.99 Å². The summed E-state index contributed by atoms with van der Waals surface area (Å²) in [5, 5.41) is 9.79. The maximum atomic E-state index is 5.61. The van der Waals surface area contributed by atoms with Crippen molar-refractivity contribution in [3.05, 3.63) is 57.9 Å². The number of oxazole rings is 1. The van der Waals surface area contributed by atoms with Crippen molar-refractivity contribution in [3.63, 3.8) is 0 Å². The predicted octanol–water partition coefficient (Wildman–Crippen LogP) is 4.14. The summed E-state index contributed by atoms with van der Waals surface area (Å²) in [6, 6.07) is 8.17. The number of thiazole rings is 1. The molecule has 1 aromatic carbocycles. The fourth-order valence-corrected chi connectivity index (χ4v) is 3.51. The van der Waals surface area contributed by atoms with Crippen LogP contribution in [0.5, 0.6) is 0 Å². The molecule has 2 N–H and O–H groups in total. The molecular weight excluding hydrogens is 370 g/mol. The van der Waals surface area contributed by atoms with Crippen molar-refractivity contribution in [3.8, 4) is 11.5 Å². The van der Waals surface area contributed by atoms with Crippen LogP contribution in [0.15, 0.2) is 45.3 Å². The smallest absolute Gasteiger partial charge is 0.226 e. The highest BCUT2D eigenvalue weighted by atomic mass is 32.1. The first-order chi connectivity index (χ1) is 13.5. The Morgan fingerprint density at radius 2 is 1.96 bits per heavy atom. The van der Waals surface area contributed by atoms with Crippen LogP contribution < -0.4 is 10.6 Å². The number of nitrogens with zero attached hydrogens (tertiary/aromatic N) is 3. The fourth-order valence-electron chi connectivity index (χ4n) is 2.61. The highest BCUT2D eigenvalue weighted by molar-refractivity contribution is 7.09. The molecule has 2 aromatic heterocycles. The summed E-state index contributed by atoms with van der Waals surface area (Å²) in [5.74, 6) is 1.86. The van der Waals surface area contributed by atoms with E-state index in [4.69, 9.17) is 4.42 Å². The zero-order chi connectivity index (χ0) is 19.9. The van der Waals surface area contributed by atoms with Crippen LogP contribution in [0.3, 0.4) is 0 Å². The molecule has 7 heteroatoms. The maximum Gasteiger partial charge on any atom is 0.226 e. The maximum absolute atomic E-state index is 5.61. The highest BCUT2D eigenvalue weighted by Crippen LogP contribution is 2.19. The Labute approximate surface area is 170 Å². The number of nitrogens with one attached hydrogen (secondary N) is 2. The Balaban J connectivity index is 1.46. The molecule has 0 aliphatic rings. The first-order valence-electron chi connectivity index (χ1n) is 9.45. The summed E-state index contributed by atoms with van der Waals surface area (Å²) in [6.07, 6.45) is 2.47. The molecular formula is C21H27N5OS. The van der Waals surface area contributed by atoms with Crippen LogP contribution in [0.1, 0.15) is 41.7 Å². The van der Waals surface area contributed by atoms with Gasteiger partial charge in [-0.05, 0) is 25.0 Å². The summed E-state index contributed by atoms with van der Waals surface area (Å²) in [7, 11) is 1.77. The lowest BCUT2D eigenvalue weighted by Crippen LogP contribution is -2.37. The first-order valence-corrected chi connectivity index (χ1v) is 10.3. The molecule has 148 valence electrons. The van der Waals surface area contributed by atoms with Gasteiger partial charge in [0.05, 0.1) is 17.9 Å². The Kier molecular flexibility index (Phi) is 6.81. The lowest BCUT2D eigenvalue weighted by molar-refractivity contribution is 0.572. The number of aryl methyl sites for hydroxylation is 1. The highest BCUT2D eigenvalue weighted by Gasteiger charge is 2.08. The van der Waals surface area contributed by atoms with Crippen LogP contribution >= 0.6 is 11.3 Å². The van der Waals surface area contributed by atoms with E-state index in [9.17, 15) is 0 Å². The van der Waals surface area contributed by atoms with Crippen LogP contribution in [-0.2, 0) is 13.0 Å². The number of aliphatic imine (C=N–C) groups is 1. The predicted molar refractivity (Wildman–Crippen MR) is 115 cm³/mol. The lowest BCUT2D eigenvalue weighted by Gasteiger charge is -2.10. The number of rotatable bonds is 7. The van der Waals surface area contributed by atoms with Crippen LogP contribution in [-0.4, -0.2) is 29.5 Å². The second-order valence-electron chi connectivity index (χ2n) is 6.93. The Hall–Kier alpha value is -2.67. The van der Waals surface area contributed by atoms with E-state index in [0.29, 0.717) is 24.9 Å². The van der Waals surface area contributed by atoms with E-state index < -0.39 is 0 Å². The van der Waals surface area contributed by atoms with Crippen molar-refractivity contribution in [1.82, 2.24) is 20.6 Å². The average molecular weight is 398 g/mol. The van der Waals surface area contributed by atoms with E-state index in [1.165, 1.54) is 5.56 Å².